The summed E-state index contributed by atoms with van der Waals surface area (Å²) in [6, 6.07) is 0.463. The molecule has 0 saturated heterocycles. The number of nitrogens with zero attached hydrogens (tertiary/aromatic N) is 2. The largest absolute Gasteiger partial charge is 0.416 e. The Morgan fingerprint density at radius 1 is 1.35 bits per heavy atom. The number of hydrogen-bond acceptors (Lipinski definition) is 4. The highest BCUT2D eigenvalue weighted by atomic mass is 32.1. The third-order valence-corrected chi connectivity index (χ3v) is 3.78. The highest BCUT2D eigenvalue weighted by Crippen LogP contribution is 2.37. The molecule has 1 unspecified atom stereocenters. The first-order chi connectivity index (χ1) is 9.43. The molecule has 108 valence electrons. The van der Waals surface area contributed by atoms with Crippen LogP contribution in [0.25, 0.3) is 0 Å². The van der Waals surface area contributed by atoms with E-state index in [2.05, 4.69) is 15.3 Å². The summed E-state index contributed by atoms with van der Waals surface area (Å²) in [5, 5.41) is 3.89. The Kier molecular flexibility index (Phi) is 4.39. The zero-order chi connectivity index (χ0) is 14.8. The molecule has 2 rings (SSSR count). The molecular formula is C13H14F3N3S. The topological polar surface area (TPSA) is 37.8 Å². The summed E-state index contributed by atoms with van der Waals surface area (Å²) < 4.78 is 39.3. The van der Waals surface area contributed by atoms with Crippen molar-refractivity contribution >= 4 is 11.3 Å². The van der Waals surface area contributed by atoms with E-state index in [0.717, 1.165) is 22.1 Å². The first kappa shape index (κ1) is 14.9. The van der Waals surface area contributed by atoms with E-state index in [4.69, 9.17) is 0 Å². The van der Waals surface area contributed by atoms with E-state index in [1.165, 1.54) is 17.5 Å². The SMILES string of the molecule is CCNC(c1cnc(C)s1)c1cnccc1C(F)(F)F. The van der Waals surface area contributed by atoms with Gasteiger partial charge in [-0.2, -0.15) is 13.2 Å². The molecule has 1 atom stereocenters. The van der Waals surface area contributed by atoms with Gasteiger partial charge in [0.1, 0.15) is 0 Å². The van der Waals surface area contributed by atoms with Crippen LogP contribution in [-0.2, 0) is 6.18 Å². The van der Waals surface area contributed by atoms with Gasteiger partial charge in [0.05, 0.1) is 16.6 Å². The summed E-state index contributed by atoms with van der Waals surface area (Å²) in [5.74, 6) is 0. The zero-order valence-electron chi connectivity index (χ0n) is 11.0. The van der Waals surface area contributed by atoms with Crippen LogP contribution in [0, 0.1) is 6.92 Å². The van der Waals surface area contributed by atoms with Gasteiger partial charge in [-0.15, -0.1) is 11.3 Å². The molecule has 0 radical (unpaired) electrons. The predicted octanol–water partition coefficient (Wildman–Crippen LogP) is 3.56. The molecule has 0 bridgehead atoms. The molecule has 2 aromatic rings. The van der Waals surface area contributed by atoms with E-state index in [1.807, 2.05) is 13.8 Å². The summed E-state index contributed by atoms with van der Waals surface area (Å²) in [6.07, 6.45) is -0.357. The summed E-state index contributed by atoms with van der Waals surface area (Å²) in [6.45, 7) is 4.23. The van der Waals surface area contributed by atoms with Gasteiger partial charge < -0.3 is 5.32 Å². The molecule has 0 aliphatic carbocycles. The minimum absolute atomic E-state index is 0.130. The lowest BCUT2D eigenvalue weighted by molar-refractivity contribution is -0.138. The van der Waals surface area contributed by atoms with E-state index >= 15 is 0 Å². The molecule has 0 aliphatic rings. The number of rotatable bonds is 4. The smallest absolute Gasteiger partial charge is 0.306 e. The minimum atomic E-state index is -4.40. The van der Waals surface area contributed by atoms with Gasteiger partial charge in [-0.25, -0.2) is 4.98 Å². The quantitative estimate of drug-likeness (QED) is 0.938. The first-order valence-electron chi connectivity index (χ1n) is 6.10. The average Bonchev–Trinajstić information content (AvgIpc) is 2.81. The number of thiazole rings is 1. The van der Waals surface area contributed by atoms with Crippen molar-refractivity contribution in [2.45, 2.75) is 26.1 Å². The van der Waals surface area contributed by atoms with Gasteiger partial charge in [-0.1, -0.05) is 6.92 Å². The second kappa shape index (κ2) is 5.88. The number of hydrogen-bond donors (Lipinski definition) is 1. The second-order valence-electron chi connectivity index (χ2n) is 4.23. The minimum Gasteiger partial charge on any atom is -0.306 e. The van der Waals surface area contributed by atoms with Crippen molar-refractivity contribution in [3.05, 3.63) is 45.7 Å². The normalized spacial score (nSPS) is 13.4. The Morgan fingerprint density at radius 2 is 2.10 bits per heavy atom. The van der Waals surface area contributed by atoms with Gasteiger partial charge in [0, 0.05) is 29.0 Å². The lowest BCUT2D eigenvalue weighted by atomic mass is 10.0. The Bertz CT molecular complexity index is 580. The van der Waals surface area contributed by atoms with Crippen LogP contribution in [0.2, 0.25) is 0 Å². The van der Waals surface area contributed by atoms with Gasteiger partial charge in [0.25, 0.3) is 0 Å². The Balaban J connectivity index is 2.50. The van der Waals surface area contributed by atoms with Gasteiger partial charge >= 0.3 is 6.18 Å². The van der Waals surface area contributed by atoms with Crippen LogP contribution in [0.15, 0.2) is 24.7 Å². The van der Waals surface area contributed by atoms with Crippen LogP contribution >= 0.6 is 11.3 Å². The Hall–Kier alpha value is -1.47. The van der Waals surface area contributed by atoms with Gasteiger partial charge in [0.15, 0.2) is 0 Å². The highest BCUT2D eigenvalue weighted by molar-refractivity contribution is 7.11. The van der Waals surface area contributed by atoms with Crippen LogP contribution in [0.3, 0.4) is 0 Å². The van der Waals surface area contributed by atoms with Crippen molar-refractivity contribution < 1.29 is 13.2 Å². The van der Waals surface area contributed by atoms with Crippen LogP contribution in [0.1, 0.15) is 34.0 Å². The molecule has 0 spiro atoms. The average molecular weight is 301 g/mol. The lowest BCUT2D eigenvalue weighted by Gasteiger charge is -2.20. The predicted molar refractivity (Wildman–Crippen MR) is 71.6 cm³/mol. The maximum absolute atomic E-state index is 13.1. The summed E-state index contributed by atoms with van der Waals surface area (Å²) >= 11 is 1.38. The maximum atomic E-state index is 13.1. The van der Waals surface area contributed by atoms with Gasteiger partial charge in [-0.05, 0) is 19.5 Å². The number of nitrogens with one attached hydrogen (secondary N) is 1. The van der Waals surface area contributed by atoms with Crippen molar-refractivity contribution in [3.8, 4) is 0 Å². The van der Waals surface area contributed by atoms with Crippen molar-refractivity contribution in [2.24, 2.45) is 0 Å². The molecular weight excluding hydrogens is 287 g/mol. The molecule has 2 heterocycles. The molecule has 1 N–H and O–H groups in total. The third-order valence-electron chi connectivity index (χ3n) is 2.80. The zero-order valence-corrected chi connectivity index (χ0v) is 11.8. The Labute approximate surface area is 118 Å². The van der Waals surface area contributed by atoms with Crippen molar-refractivity contribution in [1.29, 1.82) is 0 Å². The van der Waals surface area contributed by atoms with Crippen molar-refractivity contribution in [2.75, 3.05) is 6.54 Å². The lowest BCUT2D eigenvalue weighted by Crippen LogP contribution is -2.24. The number of aryl methyl sites for hydroxylation is 1. The van der Waals surface area contributed by atoms with E-state index in [9.17, 15) is 13.2 Å². The standard InChI is InChI=1S/C13H14F3N3S/c1-3-18-12(11-7-19-8(2)20-11)9-6-17-5-4-10(9)13(14,15)16/h4-7,12,18H,3H2,1-2H3. The number of halogens is 3. The molecule has 0 aromatic carbocycles. The molecule has 0 saturated carbocycles. The second-order valence-corrected chi connectivity index (χ2v) is 5.50. The highest BCUT2D eigenvalue weighted by Gasteiger charge is 2.35. The Morgan fingerprint density at radius 3 is 2.65 bits per heavy atom. The van der Waals surface area contributed by atoms with Gasteiger partial charge in [-0.3, -0.25) is 4.98 Å². The summed E-state index contributed by atoms with van der Waals surface area (Å²) in [5.41, 5.74) is -0.532. The molecule has 2 aromatic heterocycles. The fourth-order valence-corrected chi connectivity index (χ4v) is 2.85. The van der Waals surface area contributed by atoms with Crippen LogP contribution in [0.4, 0.5) is 13.2 Å². The third kappa shape index (κ3) is 3.16. The van der Waals surface area contributed by atoms with E-state index in [0.29, 0.717) is 6.54 Å². The van der Waals surface area contributed by atoms with Crippen molar-refractivity contribution in [3.63, 3.8) is 0 Å². The van der Waals surface area contributed by atoms with E-state index < -0.39 is 17.8 Å². The monoisotopic (exact) mass is 301 g/mol. The maximum Gasteiger partial charge on any atom is 0.416 e. The number of alkyl halides is 3. The van der Waals surface area contributed by atoms with Crippen LogP contribution < -0.4 is 5.32 Å². The molecule has 0 aliphatic heterocycles. The number of aromatic nitrogens is 2. The summed E-state index contributed by atoms with van der Waals surface area (Å²) in [7, 11) is 0. The van der Waals surface area contributed by atoms with Crippen molar-refractivity contribution in [1.82, 2.24) is 15.3 Å². The first-order valence-corrected chi connectivity index (χ1v) is 6.92. The molecule has 3 nitrogen and oxygen atoms in total. The molecule has 7 heteroatoms. The van der Waals surface area contributed by atoms with E-state index in [1.54, 1.807) is 6.20 Å². The van der Waals surface area contributed by atoms with E-state index in [-0.39, 0.29) is 5.56 Å². The molecule has 0 amide bonds. The summed E-state index contributed by atoms with van der Waals surface area (Å²) in [4.78, 5) is 8.71. The molecule has 0 fully saturated rings. The fraction of sp³-hybridized carbons (Fsp3) is 0.385. The van der Waals surface area contributed by atoms with Crippen LogP contribution in [-0.4, -0.2) is 16.5 Å². The molecule has 20 heavy (non-hydrogen) atoms. The number of pyridine rings is 1. The fourth-order valence-electron chi connectivity index (χ4n) is 1.97. The van der Waals surface area contributed by atoms with Gasteiger partial charge in [0.2, 0.25) is 0 Å². The van der Waals surface area contributed by atoms with Crippen LogP contribution in [0.5, 0.6) is 0 Å².